The Labute approximate surface area is 149 Å². The van der Waals surface area contributed by atoms with Crippen molar-refractivity contribution in [3.8, 4) is 0 Å². The number of carbonyl (C=O) groups excluding carboxylic acids is 1. The number of aliphatic hydroxyl groups is 1. The molecule has 0 heterocycles. The number of nitrogens with one attached hydrogen (secondary N) is 2. The van der Waals surface area contributed by atoms with Crippen molar-refractivity contribution >= 4 is 11.7 Å². The maximum atomic E-state index is 12.1. The minimum atomic E-state index is -0.224. The summed E-state index contributed by atoms with van der Waals surface area (Å²) >= 11 is 0. The highest BCUT2D eigenvalue weighted by Gasteiger charge is 2.19. The Bertz CT molecular complexity index is 596. The molecule has 1 fully saturated rings. The van der Waals surface area contributed by atoms with Gasteiger partial charge in [0.05, 0.1) is 12.7 Å². The summed E-state index contributed by atoms with van der Waals surface area (Å²) in [5.41, 5.74) is 1.84. The maximum absolute atomic E-state index is 12.1. The molecule has 1 aromatic rings. The molecule has 2 aliphatic carbocycles. The van der Waals surface area contributed by atoms with Crippen LogP contribution in [0.25, 0.3) is 0 Å². The molecule has 5 heteroatoms. The largest absolute Gasteiger partial charge is 0.396 e. The second-order valence-corrected chi connectivity index (χ2v) is 7.04. The molecular weight excluding hydrogens is 316 g/mol. The van der Waals surface area contributed by atoms with Gasteiger partial charge in [0.2, 0.25) is 0 Å². The number of ether oxygens (including phenoxy) is 1. The molecule has 136 valence electrons. The number of benzene rings is 1. The summed E-state index contributed by atoms with van der Waals surface area (Å²) in [5.74, 6) is 0.144. The van der Waals surface area contributed by atoms with Crippen LogP contribution in [-0.4, -0.2) is 29.9 Å². The van der Waals surface area contributed by atoms with E-state index >= 15 is 0 Å². The molecule has 2 atom stereocenters. The molecule has 25 heavy (non-hydrogen) atoms. The van der Waals surface area contributed by atoms with Gasteiger partial charge in [0, 0.05) is 24.3 Å². The van der Waals surface area contributed by atoms with Gasteiger partial charge in [-0.25, -0.2) is 4.79 Å². The lowest BCUT2D eigenvalue weighted by atomic mass is 9.98. The molecular formula is C20H28N2O3. The van der Waals surface area contributed by atoms with Crippen molar-refractivity contribution in [3.05, 3.63) is 42.0 Å². The highest BCUT2D eigenvalue weighted by molar-refractivity contribution is 5.89. The quantitative estimate of drug-likeness (QED) is 0.691. The molecule has 3 rings (SSSR count). The summed E-state index contributed by atoms with van der Waals surface area (Å²) in [6.45, 7) is 0.713. The lowest BCUT2D eigenvalue weighted by Gasteiger charge is -2.22. The molecule has 3 N–H and O–H groups in total. The smallest absolute Gasteiger partial charge is 0.319 e. The third kappa shape index (κ3) is 5.58. The molecule has 0 unspecified atom stereocenters. The van der Waals surface area contributed by atoms with Crippen LogP contribution in [0.5, 0.6) is 0 Å². The fourth-order valence-corrected chi connectivity index (χ4v) is 3.54. The van der Waals surface area contributed by atoms with Crippen molar-refractivity contribution in [3.63, 3.8) is 0 Å². The standard InChI is InChI=1S/C20H28N2O3/c23-13-15-9-10-18(11-15)22-20(24)21-17-6-4-5-16(12-17)14-25-19-7-2-1-3-8-19/h4-6,9-10,12,15,18-19,23H,1-3,7-8,11,13-14H2,(H2,21,22,24)/t15-,18+/m0/s1. The van der Waals surface area contributed by atoms with Gasteiger partial charge in [0.15, 0.2) is 0 Å². The van der Waals surface area contributed by atoms with Crippen LogP contribution in [0.1, 0.15) is 44.1 Å². The first-order valence-electron chi connectivity index (χ1n) is 9.30. The predicted molar refractivity (Wildman–Crippen MR) is 98.4 cm³/mol. The zero-order valence-electron chi connectivity index (χ0n) is 14.6. The van der Waals surface area contributed by atoms with Crippen molar-refractivity contribution in [2.75, 3.05) is 11.9 Å². The van der Waals surface area contributed by atoms with E-state index in [9.17, 15) is 4.79 Å². The Hall–Kier alpha value is -1.85. The number of aliphatic hydroxyl groups excluding tert-OH is 1. The van der Waals surface area contributed by atoms with Crippen LogP contribution in [0.4, 0.5) is 10.5 Å². The van der Waals surface area contributed by atoms with Crippen molar-refractivity contribution in [2.45, 2.75) is 57.3 Å². The van der Waals surface area contributed by atoms with E-state index in [0.717, 1.165) is 30.5 Å². The topological polar surface area (TPSA) is 70.6 Å². The lowest BCUT2D eigenvalue weighted by Crippen LogP contribution is -2.36. The number of hydrogen-bond acceptors (Lipinski definition) is 3. The number of hydrogen-bond donors (Lipinski definition) is 3. The van der Waals surface area contributed by atoms with Gasteiger partial charge >= 0.3 is 6.03 Å². The van der Waals surface area contributed by atoms with E-state index in [2.05, 4.69) is 10.6 Å². The number of urea groups is 1. The first kappa shape index (κ1) is 18.0. The molecule has 5 nitrogen and oxygen atoms in total. The number of rotatable bonds is 6. The SMILES string of the molecule is O=C(Nc1cccc(COC2CCCCC2)c1)N[C@@H]1C=C[C@H](CO)C1. The fourth-order valence-electron chi connectivity index (χ4n) is 3.54. The molecule has 2 aliphatic rings. The van der Waals surface area contributed by atoms with E-state index < -0.39 is 0 Å². The molecule has 0 aliphatic heterocycles. The summed E-state index contributed by atoms with van der Waals surface area (Å²) in [7, 11) is 0. The normalized spacial score (nSPS) is 23.6. The van der Waals surface area contributed by atoms with Gasteiger partial charge < -0.3 is 20.5 Å². The Morgan fingerprint density at radius 1 is 1.20 bits per heavy atom. The molecule has 2 amide bonds. The van der Waals surface area contributed by atoms with E-state index in [1.807, 2.05) is 36.4 Å². The van der Waals surface area contributed by atoms with Gasteiger partial charge in [-0.05, 0) is 37.0 Å². The molecule has 0 saturated heterocycles. The third-order valence-corrected chi connectivity index (χ3v) is 4.95. The summed E-state index contributed by atoms with van der Waals surface area (Å²) in [4.78, 5) is 12.1. The molecule has 0 radical (unpaired) electrons. The second kappa shape index (κ2) is 9.02. The first-order chi connectivity index (χ1) is 12.2. The van der Waals surface area contributed by atoms with Gasteiger partial charge in [-0.1, -0.05) is 43.5 Å². The summed E-state index contributed by atoms with van der Waals surface area (Å²) < 4.78 is 6.00. The minimum Gasteiger partial charge on any atom is -0.396 e. The van der Waals surface area contributed by atoms with Crippen molar-refractivity contribution in [2.24, 2.45) is 5.92 Å². The fraction of sp³-hybridized carbons (Fsp3) is 0.550. The van der Waals surface area contributed by atoms with Crippen LogP contribution >= 0.6 is 0 Å². The average molecular weight is 344 g/mol. The average Bonchev–Trinajstić information content (AvgIpc) is 3.08. The second-order valence-electron chi connectivity index (χ2n) is 7.04. The maximum Gasteiger partial charge on any atom is 0.319 e. The summed E-state index contributed by atoms with van der Waals surface area (Å²) in [6, 6.07) is 7.56. The van der Waals surface area contributed by atoms with E-state index in [-0.39, 0.29) is 24.6 Å². The minimum absolute atomic E-state index is 0.0185. The zero-order chi connectivity index (χ0) is 17.5. The van der Waals surface area contributed by atoms with E-state index in [4.69, 9.17) is 9.84 Å². The van der Waals surface area contributed by atoms with Gasteiger partial charge in [-0.15, -0.1) is 0 Å². The van der Waals surface area contributed by atoms with E-state index in [0.29, 0.717) is 12.7 Å². The molecule has 0 bridgehead atoms. The van der Waals surface area contributed by atoms with Crippen molar-refractivity contribution in [1.29, 1.82) is 0 Å². The molecule has 1 aromatic carbocycles. The van der Waals surface area contributed by atoms with E-state index in [1.165, 1.54) is 19.3 Å². The van der Waals surface area contributed by atoms with Crippen LogP contribution in [0.15, 0.2) is 36.4 Å². The zero-order valence-corrected chi connectivity index (χ0v) is 14.6. The third-order valence-electron chi connectivity index (χ3n) is 4.95. The van der Waals surface area contributed by atoms with Crippen molar-refractivity contribution < 1.29 is 14.6 Å². The number of carbonyl (C=O) groups is 1. The Balaban J connectivity index is 1.46. The molecule has 0 aromatic heterocycles. The Morgan fingerprint density at radius 2 is 2.04 bits per heavy atom. The van der Waals surface area contributed by atoms with Gasteiger partial charge in [0.1, 0.15) is 0 Å². The summed E-state index contributed by atoms with van der Waals surface area (Å²) in [5, 5.41) is 14.9. The molecule has 1 saturated carbocycles. The van der Waals surface area contributed by atoms with E-state index in [1.54, 1.807) is 0 Å². The van der Waals surface area contributed by atoms with Crippen LogP contribution in [0.3, 0.4) is 0 Å². The predicted octanol–water partition coefficient (Wildman–Crippen LogP) is 3.59. The first-order valence-corrected chi connectivity index (χ1v) is 9.30. The van der Waals surface area contributed by atoms with Gasteiger partial charge in [-0.3, -0.25) is 0 Å². The van der Waals surface area contributed by atoms with Gasteiger partial charge in [0.25, 0.3) is 0 Å². The Kier molecular flexibility index (Phi) is 6.48. The monoisotopic (exact) mass is 344 g/mol. The van der Waals surface area contributed by atoms with Crippen LogP contribution in [0.2, 0.25) is 0 Å². The van der Waals surface area contributed by atoms with Crippen LogP contribution in [-0.2, 0) is 11.3 Å². The summed E-state index contributed by atoms with van der Waals surface area (Å²) in [6.07, 6.45) is 11.2. The lowest BCUT2D eigenvalue weighted by molar-refractivity contribution is 0.0169. The number of anilines is 1. The highest BCUT2D eigenvalue weighted by atomic mass is 16.5. The van der Waals surface area contributed by atoms with Crippen molar-refractivity contribution in [1.82, 2.24) is 5.32 Å². The number of amides is 2. The Morgan fingerprint density at radius 3 is 2.80 bits per heavy atom. The molecule has 0 spiro atoms. The van der Waals surface area contributed by atoms with Crippen LogP contribution in [0, 0.1) is 5.92 Å². The van der Waals surface area contributed by atoms with Gasteiger partial charge in [-0.2, -0.15) is 0 Å². The highest BCUT2D eigenvalue weighted by Crippen LogP contribution is 2.22. The van der Waals surface area contributed by atoms with Crippen LogP contribution < -0.4 is 10.6 Å².